The third-order valence-electron chi connectivity index (χ3n) is 5.47. The van der Waals surface area contributed by atoms with Gasteiger partial charge in [-0.05, 0) is 18.6 Å². The minimum atomic E-state index is -0.902. The fourth-order valence-electron chi connectivity index (χ4n) is 3.90. The summed E-state index contributed by atoms with van der Waals surface area (Å²) < 4.78 is 28.3. The molecule has 1 fully saturated rings. The number of thioether (sulfide) groups is 1. The first kappa shape index (κ1) is 20.1. The van der Waals surface area contributed by atoms with Gasteiger partial charge in [0.1, 0.15) is 17.4 Å². The predicted molar refractivity (Wildman–Crippen MR) is 113 cm³/mol. The summed E-state index contributed by atoms with van der Waals surface area (Å²) in [7, 11) is 1.85. The van der Waals surface area contributed by atoms with E-state index in [0.717, 1.165) is 5.70 Å². The lowest BCUT2D eigenvalue weighted by molar-refractivity contribution is -0.124. The number of aromatic nitrogens is 1. The molecule has 0 radical (unpaired) electrons. The molecule has 6 nitrogen and oxygen atoms in total. The van der Waals surface area contributed by atoms with Gasteiger partial charge in [0, 0.05) is 49.4 Å². The number of nitrogens with two attached hydrogens (primary N) is 1. The number of thiocarbonyl (C=S) groups is 1. The predicted octanol–water partition coefficient (Wildman–Crippen LogP) is 2.69. The first-order valence-corrected chi connectivity index (χ1v) is 10.7. The number of nitrogens with zero attached hydrogens (tertiary/aromatic N) is 4. The maximum absolute atomic E-state index is 14.9. The van der Waals surface area contributed by atoms with Crippen molar-refractivity contribution in [1.29, 1.82) is 0 Å². The van der Waals surface area contributed by atoms with E-state index in [-0.39, 0.29) is 12.5 Å². The van der Waals surface area contributed by atoms with Crippen molar-refractivity contribution in [3.05, 3.63) is 46.1 Å². The van der Waals surface area contributed by atoms with Crippen LogP contribution in [0.3, 0.4) is 0 Å². The third-order valence-corrected chi connectivity index (χ3v) is 7.15. The second-order valence-corrected chi connectivity index (χ2v) is 8.48. The van der Waals surface area contributed by atoms with E-state index < -0.39 is 17.5 Å². The quantitative estimate of drug-likeness (QED) is 0.441. The second kappa shape index (κ2) is 7.91. The molecule has 1 saturated heterocycles. The number of amides is 1. The van der Waals surface area contributed by atoms with E-state index in [1.807, 2.05) is 11.9 Å². The zero-order chi connectivity index (χ0) is 20.7. The summed E-state index contributed by atoms with van der Waals surface area (Å²) in [6.07, 6.45) is 1.48. The molecule has 4 rings (SSSR count). The lowest BCUT2D eigenvalue weighted by atomic mass is 10.1. The van der Waals surface area contributed by atoms with E-state index in [1.165, 1.54) is 23.3 Å². The lowest BCUT2D eigenvalue weighted by Gasteiger charge is -2.30. The number of hydrogen-bond acceptors (Lipinski definition) is 7. The average molecular weight is 438 g/mol. The molecule has 3 aliphatic heterocycles. The van der Waals surface area contributed by atoms with E-state index in [2.05, 4.69) is 4.98 Å². The van der Waals surface area contributed by atoms with E-state index >= 15 is 0 Å². The summed E-state index contributed by atoms with van der Waals surface area (Å²) in [6, 6.07) is 3.40. The highest BCUT2D eigenvalue weighted by molar-refractivity contribution is 8.04. The fraction of sp³-hybridized carbons (Fsp3) is 0.421. The molecule has 2 unspecified atom stereocenters. The highest BCUT2D eigenvalue weighted by atomic mass is 32.2. The van der Waals surface area contributed by atoms with Crippen LogP contribution in [0, 0.1) is 5.95 Å². The van der Waals surface area contributed by atoms with Crippen LogP contribution in [-0.2, 0) is 4.79 Å². The van der Waals surface area contributed by atoms with Gasteiger partial charge in [-0.1, -0.05) is 24.0 Å². The number of carbonyl (C=O) groups is 1. The van der Waals surface area contributed by atoms with E-state index in [1.54, 1.807) is 21.9 Å². The number of allylic oxidation sites excluding steroid dienone is 1. The monoisotopic (exact) mass is 437 g/mol. The second-order valence-electron chi connectivity index (χ2n) is 7.15. The number of carbonyl (C=O) groups excluding carboxylic acids is 1. The van der Waals surface area contributed by atoms with E-state index in [4.69, 9.17) is 18.0 Å². The Labute approximate surface area is 177 Å². The SMILES string of the molecule is CN1C2=C(SC1c1ccc(N3CCC(F)C3)nc1F)C(=O)N(/C(C=S)=C/N)CC2. The van der Waals surface area contributed by atoms with Crippen LogP contribution in [0.1, 0.15) is 23.8 Å². The molecule has 1 aromatic rings. The molecule has 10 heteroatoms. The van der Waals surface area contributed by atoms with E-state index in [0.29, 0.717) is 47.9 Å². The van der Waals surface area contributed by atoms with Crippen LogP contribution in [0.15, 0.2) is 34.6 Å². The smallest absolute Gasteiger partial charge is 0.266 e. The number of pyridine rings is 1. The Morgan fingerprint density at radius 1 is 1.41 bits per heavy atom. The molecule has 4 heterocycles. The molecule has 1 amide bonds. The van der Waals surface area contributed by atoms with Crippen molar-refractivity contribution in [1.82, 2.24) is 14.8 Å². The Bertz CT molecular complexity index is 922. The molecule has 0 saturated carbocycles. The van der Waals surface area contributed by atoms with Gasteiger partial charge < -0.3 is 20.4 Å². The zero-order valence-electron chi connectivity index (χ0n) is 15.8. The van der Waals surface area contributed by atoms with Crippen molar-refractivity contribution in [3.8, 4) is 0 Å². The van der Waals surface area contributed by atoms with Gasteiger partial charge in [-0.3, -0.25) is 4.79 Å². The van der Waals surface area contributed by atoms with Gasteiger partial charge in [-0.2, -0.15) is 4.39 Å². The fourth-order valence-corrected chi connectivity index (χ4v) is 5.51. The summed E-state index contributed by atoms with van der Waals surface area (Å²) in [6.45, 7) is 1.23. The molecule has 1 aromatic heterocycles. The first-order chi connectivity index (χ1) is 13.9. The summed E-state index contributed by atoms with van der Waals surface area (Å²) in [4.78, 5) is 22.8. The summed E-state index contributed by atoms with van der Waals surface area (Å²) in [5, 5.41) is 0.989. The van der Waals surface area contributed by atoms with Crippen LogP contribution in [0.5, 0.6) is 0 Å². The zero-order valence-corrected chi connectivity index (χ0v) is 17.5. The Morgan fingerprint density at radius 3 is 2.83 bits per heavy atom. The molecule has 0 spiro atoms. The van der Waals surface area contributed by atoms with Gasteiger partial charge in [-0.25, -0.2) is 9.37 Å². The highest BCUT2D eigenvalue weighted by Crippen LogP contribution is 2.50. The van der Waals surface area contributed by atoms with Crippen molar-refractivity contribution in [2.24, 2.45) is 5.73 Å². The molecule has 3 aliphatic rings. The molecule has 154 valence electrons. The Hall–Kier alpha value is -2.20. The minimum Gasteiger partial charge on any atom is -0.403 e. The highest BCUT2D eigenvalue weighted by Gasteiger charge is 2.41. The first-order valence-electron chi connectivity index (χ1n) is 9.31. The molecule has 0 aromatic carbocycles. The maximum Gasteiger partial charge on any atom is 0.266 e. The van der Waals surface area contributed by atoms with Gasteiger partial charge in [0.2, 0.25) is 5.95 Å². The van der Waals surface area contributed by atoms with Crippen LogP contribution >= 0.6 is 24.0 Å². The van der Waals surface area contributed by atoms with Crippen LogP contribution in [-0.4, -0.2) is 58.9 Å². The van der Waals surface area contributed by atoms with Crippen molar-refractivity contribution in [2.45, 2.75) is 24.4 Å². The topological polar surface area (TPSA) is 65.7 Å². The minimum absolute atomic E-state index is 0.181. The van der Waals surface area contributed by atoms with Gasteiger partial charge in [0.15, 0.2) is 0 Å². The van der Waals surface area contributed by atoms with Gasteiger partial charge in [0.05, 0.1) is 17.1 Å². The normalized spacial score (nSPS) is 25.1. The molecular formula is C19H21F2N5OS2. The van der Waals surface area contributed by atoms with Crippen molar-refractivity contribution in [3.63, 3.8) is 0 Å². The number of halogens is 2. The van der Waals surface area contributed by atoms with Crippen molar-refractivity contribution < 1.29 is 13.6 Å². The van der Waals surface area contributed by atoms with E-state index in [9.17, 15) is 13.6 Å². The largest absolute Gasteiger partial charge is 0.403 e. The Morgan fingerprint density at radius 2 is 2.21 bits per heavy atom. The standard InChI is InChI=1S/C19H21F2N5OS2/c1-24-14-5-7-26(12(8-22)10-28)18(27)16(14)29-19(24)13-2-3-15(23-17(13)21)25-6-4-11(20)9-25/h2-3,8,10-11,19H,4-7,9,22H2,1H3/b12-8+. The number of anilines is 1. The molecule has 0 bridgehead atoms. The molecule has 2 atom stereocenters. The number of hydrogen-bond donors (Lipinski definition) is 1. The number of alkyl halides is 1. The van der Waals surface area contributed by atoms with Crippen LogP contribution < -0.4 is 10.6 Å². The molecule has 2 N–H and O–H groups in total. The lowest BCUT2D eigenvalue weighted by Crippen LogP contribution is -2.37. The molecule has 29 heavy (non-hydrogen) atoms. The van der Waals surface area contributed by atoms with Gasteiger partial charge in [0.25, 0.3) is 5.91 Å². The molecular weight excluding hydrogens is 416 g/mol. The van der Waals surface area contributed by atoms with Gasteiger partial charge in [-0.15, -0.1) is 0 Å². The number of rotatable bonds is 4. The summed E-state index contributed by atoms with van der Waals surface area (Å²) in [5.41, 5.74) is 7.34. The van der Waals surface area contributed by atoms with Crippen LogP contribution in [0.4, 0.5) is 14.6 Å². The average Bonchev–Trinajstić information content (AvgIpc) is 3.29. The van der Waals surface area contributed by atoms with Crippen molar-refractivity contribution in [2.75, 3.05) is 31.6 Å². The summed E-state index contributed by atoms with van der Waals surface area (Å²) >= 11 is 6.25. The van der Waals surface area contributed by atoms with Crippen LogP contribution in [0.25, 0.3) is 0 Å². The van der Waals surface area contributed by atoms with Crippen molar-refractivity contribution >= 4 is 41.1 Å². The third kappa shape index (κ3) is 3.48. The maximum atomic E-state index is 14.9. The van der Waals surface area contributed by atoms with Gasteiger partial charge >= 0.3 is 0 Å². The summed E-state index contributed by atoms with van der Waals surface area (Å²) in [5.74, 6) is -0.338. The molecule has 0 aliphatic carbocycles. The van der Waals surface area contributed by atoms with Crippen LogP contribution in [0.2, 0.25) is 0 Å². The Balaban J connectivity index is 1.56. The Kier molecular flexibility index (Phi) is 5.48.